The first-order valence-corrected chi connectivity index (χ1v) is 8.58. The lowest BCUT2D eigenvalue weighted by atomic mass is 9.75. The first kappa shape index (κ1) is 21.4. The summed E-state index contributed by atoms with van der Waals surface area (Å²) in [6.45, 7) is 10.8. The van der Waals surface area contributed by atoms with Gasteiger partial charge in [0.25, 0.3) is 0 Å². The molecule has 2 nitrogen and oxygen atoms in total. The summed E-state index contributed by atoms with van der Waals surface area (Å²) in [4.78, 5) is 0. The molecule has 0 aromatic heterocycles. The Morgan fingerprint density at radius 1 is 1.00 bits per heavy atom. The van der Waals surface area contributed by atoms with Gasteiger partial charge in [0.05, 0.1) is 0 Å². The molecule has 0 heterocycles. The van der Waals surface area contributed by atoms with Crippen molar-refractivity contribution in [1.29, 1.82) is 0 Å². The third-order valence-corrected chi connectivity index (χ3v) is 4.23. The molecule has 0 saturated heterocycles. The highest BCUT2D eigenvalue weighted by Crippen LogP contribution is 2.41. The van der Waals surface area contributed by atoms with E-state index in [1.165, 1.54) is 0 Å². The van der Waals surface area contributed by atoms with Gasteiger partial charge in [-0.15, -0.1) is 19.0 Å². The maximum atomic E-state index is 6.67. The molecule has 0 bridgehead atoms. The van der Waals surface area contributed by atoms with Gasteiger partial charge >= 0.3 is 0 Å². The smallest absolute Gasteiger partial charge is 0.120 e. The highest BCUT2D eigenvalue weighted by Gasteiger charge is 2.40. The summed E-state index contributed by atoms with van der Waals surface area (Å²) >= 11 is 0. The van der Waals surface area contributed by atoms with E-state index in [9.17, 15) is 0 Å². The second-order valence-electron chi connectivity index (χ2n) is 6.96. The third-order valence-electron chi connectivity index (χ3n) is 4.23. The van der Waals surface area contributed by atoms with Crippen LogP contribution in [0, 0.1) is 0 Å². The summed E-state index contributed by atoms with van der Waals surface area (Å²) in [5.41, 5.74) is 9.06. The molecular weight excluding hydrogens is 330 g/mol. The lowest BCUT2D eigenvalue weighted by Crippen LogP contribution is -2.46. The summed E-state index contributed by atoms with van der Waals surface area (Å²) in [7, 11) is 0. The van der Waals surface area contributed by atoms with Crippen LogP contribution in [0.1, 0.15) is 44.7 Å². The van der Waals surface area contributed by atoms with Gasteiger partial charge in [0.2, 0.25) is 0 Å². The predicted octanol–water partition coefficient (Wildman–Crippen LogP) is 5.46. The molecule has 1 atom stereocenters. The fourth-order valence-electron chi connectivity index (χ4n) is 3.57. The Morgan fingerprint density at radius 2 is 1.44 bits per heavy atom. The Kier molecular flexibility index (Phi) is 7.88. The van der Waals surface area contributed by atoms with Crippen LogP contribution < -0.4 is 5.73 Å². The first-order chi connectivity index (χ1) is 11.4. The Balaban J connectivity index is 0.00000312. The maximum absolute atomic E-state index is 6.67. The van der Waals surface area contributed by atoms with Crippen molar-refractivity contribution >= 4 is 12.4 Å². The van der Waals surface area contributed by atoms with Crippen LogP contribution in [0.4, 0.5) is 0 Å². The molecule has 2 aromatic carbocycles. The molecule has 25 heavy (non-hydrogen) atoms. The number of halogens is 1. The number of nitrogens with two attached hydrogens (primary N) is 1. The average Bonchev–Trinajstić information content (AvgIpc) is 2.54. The molecule has 2 aromatic rings. The fraction of sp³-hybridized carbons (Fsp3) is 0.364. The minimum Gasteiger partial charge on any atom is -0.366 e. The topological polar surface area (TPSA) is 35.2 Å². The first-order valence-electron chi connectivity index (χ1n) is 8.58. The van der Waals surface area contributed by atoms with Crippen molar-refractivity contribution in [3.05, 3.63) is 83.9 Å². The van der Waals surface area contributed by atoms with Gasteiger partial charge in [-0.3, -0.25) is 0 Å². The molecule has 136 valence electrons. The summed E-state index contributed by atoms with van der Waals surface area (Å²) < 4.78 is 6.41. The van der Waals surface area contributed by atoms with Crippen molar-refractivity contribution < 1.29 is 4.74 Å². The fourth-order valence-corrected chi connectivity index (χ4v) is 3.57. The molecule has 3 heteroatoms. The maximum Gasteiger partial charge on any atom is 0.120 e. The van der Waals surface area contributed by atoms with Crippen molar-refractivity contribution in [3.8, 4) is 0 Å². The van der Waals surface area contributed by atoms with E-state index in [1.54, 1.807) is 0 Å². The van der Waals surface area contributed by atoms with Gasteiger partial charge in [-0.2, -0.15) is 0 Å². The quantitative estimate of drug-likeness (QED) is 0.635. The van der Waals surface area contributed by atoms with E-state index in [0.29, 0.717) is 13.0 Å². The summed E-state index contributed by atoms with van der Waals surface area (Å²) in [6, 6.07) is 20.8. The van der Waals surface area contributed by atoms with Gasteiger partial charge in [-0.25, -0.2) is 0 Å². The van der Waals surface area contributed by atoms with Crippen molar-refractivity contribution in [1.82, 2.24) is 0 Å². The SMILES string of the molecule is C=C(C)CC(C)(N)CC(OCC)(c1ccccc1)c1ccccc1.Cl. The zero-order chi connectivity index (χ0) is 17.6. The van der Waals surface area contributed by atoms with Crippen molar-refractivity contribution in [3.63, 3.8) is 0 Å². The molecular formula is C22H30ClNO. The molecule has 0 aliphatic heterocycles. The van der Waals surface area contributed by atoms with Crippen molar-refractivity contribution in [2.45, 2.75) is 44.8 Å². The van der Waals surface area contributed by atoms with Crippen LogP contribution in [0.15, 0.2) is 72.8 Å². The molecule has 0 saturated carbocycles. The second-order valence-corrected chi connectivity index (χ2v) is 6.96. The van der Waals surface area contributed by atoms with E-state index < -0.39 is 11.1 Å². The molecule has 0 spiro atoms. The van der Waals surface area contributed by atoms with Crippen LogP contribution in [0.2, 0.25) is 0 Å². The Bertz CT molecular complexity index is 613. The molecule has 2 N–H and O–H groups in total. The minimum atomic E-state index is -0.559. The van der Waals surface area contributed by atoms with Crippen molar-refractivity contribution in [2.24, 2.45) is 5.73 Å². The Morgan fingerprint density at radius 3 is 1.80 bits per heavy atom. The van der Waals surface area contributed by atoms with E-state index in [-0.39, 0.29) is 12.4 Å². The van der Waals surface area contributed by atoms with Gasteiger partial charge in [-0.05, 0) is 38.3 Å². The van der Waals surface area contributed by atoms with Crippen LogP contribution in [0.3, 0.4) is 0 Å². The zero-order valence-corrected chi connectivity index (χ0v) is 16.3. The molecule has 0 amide bonds. The zero-order valence-electron chi connectivity index (χ0n) is 15.5. The number of hydrogen-bond acceptors (Lipinski definition) is 2. The van der Waals surface area contributed by atoms with Crippen LogP contribution in [0.25, 0.3) is 0 Å². The third kappa shape index (κ3) is 5.43. The largest absolute Gasteiger partial charge is 0.366 e. The molecule has 0 aliphatic rings. The Labute approximate surface area is 158 Å². The molecule has 0 radical (unpaired) electrons. The summed E-state index contributed by atoms with van der Waals surface area (Å²) in [5.74, 6) is 0. The van der Waals surface area contributed by atoms with Crippen LogP contribution in [-0.2, 0) is 10.3 Å². The number of ether oxygens (including phenoxy) is 1. The van der Waals surface area contributed by atoms with E-state index in [0.717, 1.165) is 23.1 Å². The van der Waals surface area contributed by atoms with Crippen molar-refractivity contribution in [2.75, 3.05) is 6.61 Å². The lowest BCUT2D eigenvalue weighted by Gasteiger charge is -2.41. The average molecular weight is 360 g/mol. The van der Waals surface area contributed by atoms with Gasteiger partial charge < -0.3 is 10.5 Å². The molecule has 2 rings (SSSR count). The van der Waals surface area contributed by atoms with Crippen LogP contribution in [0.5, 0.6) is 0 Å². The van der Waals surface area contributed by atoms with Crippen LogP contribution >= 0.6 is 12.4 Å². The molecule has 0 fully saturated rings. The summed E-state index contributed by atoms with van der Waals surface area (Å²) in [6.07, 6.45) is 1.45. The van der Waals surface area contributed by atoms with Gasteiger partial charge in [0.15, 0.2) is 0 Å². The van der Waals surface area contributed by atoms with E-state index in [2.05, 4.69) is 62.0 Å². The highest BCUT2D eigenvalue weighted by atomic mass is 35.5. The lowest BCUT2D eigenvalue weighted by molar-refractivity contribution is -0.0314. The second kappa shape index (κ2) is 9.19. The summed E-state index contributed by atoms with van der Waals surface area (Å²) in [5, 5.41) is 0. The van der Waals surface area contributed by atoms with Gasteiger partial charge in [0.1, 0.15) is 5.60 Å². The van der Waals surface area contributed by atoms with Gasteiger partial charge in [-0.1, -0.05) is 66.2 Å². The predicted molar refractivity (Wildman–Crippen MR) is 109 cm³/mol. The van der Waals surface area contributed by atoms with E-state index >= 15 is 0 Å². The molecule has 1 unspecified atom stereocenters. The number of rotatable bonds is 8. The Hall–Kier alpha value is -1.61. The molecule has 0 aliphatic carbocycles. The standard InChI is InChI=1S/C22H29NO.ClH/c1-5-24-22(19-12-8-6-9-13-19,20-14-10-7-11-15-20)17-21(4,23)16-18(2)3;/h6-15H,2,5,16-17,23H2,1,3-4H3;1H. The van der Waals surface area contributed by atoms with Crippen LogP contribution in [-0.4, -0.2) is 12.1 Å². The normalized spacial score (nSPS) is 13.6. The van der Waals surface area contributed by atoms with Gasteiger partial charge in [0, 0.05) is 18.6 Å². The monoisotopic (exact) mass is 359 g/mol. The highest BCUT2D eigenvalue weighted by molar-refractivity contribution is 5.85. The van der Waals surface area contributed by atoms with E-state index in [4.69, 9.17) is 10.5 Å². The van der Waals surface area contributed by atoms with E-state index in [1.807, 2.05) is 26.0 Å². The number of benzene rings is 2. The minimum absolute atomic E-state index is 0. The number of hydrogen-bond donors (Lipinski definition) is 1.